The molecule has 96 valence electrons. The van der Waals surface area contributed by atoms with E-state index >= 15 is 0 Å². The first-order valence-corrected chi connectivity index (χ1v) is 8.06. The molecule has 7 heteroatoms. The highest BCUT2D eigenvalue weighted by Gasteiger charge is 2.39. The summed E-state index contributed by atoms with van der Waals surface area (Å²) in [7, 11) is -3.06. The van der Waals surface area contributed by atoms with Gasteiger partial charge >= 0.3 is 0 Å². The molecule has 2 rings (SSSR count). The van der Waals surface area contributed by atoms with E-state index in [-0.39, 0.29) is 17.4 Å². The Morgan fingerprint density at radius 1 is 1.61 bits per heavy atom. The van der Waals surface area contributed by atoms with Crippen LogP contribution in [0.4, 0.5) is 0 Å². The van der Waals surface area contributed by atoms with Crippen LogP contribution in [0.15, 0.2) is 11.4 Å². The normalized spacial score (nSPS) is 25.6. The number of hydrogen-bond acceptors (Lipinski definition) is 5. The average Bonchev–Trinajstić information content (AvgIpc) is 2.82. The highest BCUT2D eigenvalue weighted by atomic mass is 32.2. The van der Waals surface area contributed by atoms with Gasteiger partial charge < -0.3 is 5.32 Å². The number of rotatable bonds is 2. The minimum absolute atomic E-state index is 0.0427. The third kappa shape index (κ3) is 2.54. The third-order valence-corrected chi connectivity index (χ3v) is 5.73. The zero-order valence-corrected chi connectivity index (χ0v) is 11.4. The summed E-state index contributed by atoms with van der Waals surface area (Å²) in [6.07, 6.45) is 0.411. The predicted molar refractivity (Wildman–Crippen MR) is 68.2 cm³/mol. The summed E-state index contributed by atoms with van der Waals surface area (Å²) in [5.41, 5.74) is -0.408. The molecule has 1 aliphatic heterocycles. The summed E-state index contributed by atoms with van der Waals surface area (Å²) in [4.78, 5) is 12.3. The number of carbonyl (C=O) groups is 1. The summed E-state index contributed by atoms with van der Waals surface area (Å²) < 4.78 is 22.9. The third-order valence-electron chi connectivity index (χ3n) is 2.91. The van der Waals surface area contributed by atoms with Crippen molar-refractivity contribution < 1.29 is 13.2 Å². The van der Waals surface area contributed by atoms with Gasteiger partial charge in [-0.05, 0) is 24.8 Å². The first-order valence-electron chi connectivity index (χ1n) is 5.36. The van der Waals surface area contributed by atoms with E-state index in [0.29, 0.717) is 16.9 Å². The van der Waals surface area contributed by atoms with Gasteiger partial charge in [0.2, 0.25) is 0 Å². The Hall–Kier alpha value is -1.39. The number of nitrogens with one attached hydrogen (secondary N) is 1. The van der Waals surface area contributed by atoms with E-state index in [2.05, 4.69) is 5.32 Å². The van der Waals surface area contributed by atoms with E-state index in [4.69, 9.17) is 5.26 Å². The fourth-order valence-electron chi connectivity index (χ4n) is 2.01. The van der Waals surface area contributed by atoms with E-state index in [1.807, 2.05) is 6.07 Å². The van der Waals surface area contributed by atoms with Crippen LogP contribution in [0.2, 0.25) is 0 Å². The molecule has 18 heavy (non-hydrogen) atoms. The summed E-state index contributed by atoms with van der Waals surface area (Å²) >= 11 is 1.18. The maximum atomic E-state index is 12.0. The fraction of sp³-hybridized carbons (Fsp3) is 0.455. The number of nitriles is 1. The van der Waals surface area contributed by atoms with Crippen molar-refractivity contribution in [2.75, 3.05) is 11.5 Å². The van der Waals surface area contributed by atoms with Crippen molar-refractivity contribution in [1.82, 2.24) is 5.32 Å². The Labute approximate surface area is 109 Å². The molecule has 0 aliphatic carbocycles. The molecule has 0 spiro atoms. The molecular weight excluding hydrogens is 272 g/mol. The van der Waals surface area contributed by atoms with Crippen molar-refractivity contribution in [3.63, 3.8) is 0 Å². The first-order chi connectivity index (χ1) is 8.35. The van der Waals surface area contributed by atoms with E-state index in [0.717, 1.165) is 0 Å². The highest BCUT2D eigenvalue weighted by Crippen LogP contribution is 2.24. The number of hydrogen-bond donors (Lipinski definition) is 1. The smallest absolute Gasteiger partial charge is 0.263 e. The van der Waals surface area contributed by atoms with Crippen LogP contribution in [0.5, 0.6) is 0 Å². The van der Waals surface area contributed by atoms with Crippen LogP contribution in [0.1, 0.15) is 28.6 Å². The van der Waals surface area contributed by atoms with Gasteiger partial charge in [0.15, 0.2) is 9.84 Å². The van der Waals surface area contributed by atoms with Crippen LogP contribution in [0.25, 0.3) is 0 Å². The number of nitrogens with zero attached hydrogens (tertiary/aromatic N) is 1. The molecule has 1 fully saturated rings. The largest absolute Gasteiger partial charge is 0.345 e. The minimum Gasteiger partial charge on any atom is -0.345 e. The zero-order chi connectivity index (χ0) is 13.4. The molecule has 0 aromatic carbocycles. The fourth-order valence-corrected chi connectivity index (χ4v) is 4.85. The van der Waals surface area contributed by atoms with Crippen molar-refractivity contribution in [3.8, 4) is 6.07 Å². The van der Waals surface area contributed by atoms with Crippen molar-refractivity contribution >= 4 is 27.1 Å². The Balaban J connectivity index is 2.16. The Kier molecular flexibility index (Phi) is 3.17. The van der Waals surface area contributed by atoms with Crippen LogP contribution >= 0.6 is 11.3 Å². The second-order valence-corrected chi connectivity index (χ2v) is 7.73. The molecule has 0 radical (unpaired) electrons. The van der Waals surface area contributed by atoms with E-state index < -0.39 is 15.4 Å². The van der Waals surface area contributed by atoms with Gasteiger partial charge in [-0.25, -0.2) is 8.42 Å². The molecule has 1 saturated heterocycles. The molecule has 5 nitrogen and oxygen atoms in total. The van der Waals surface area contributed by atoms with Crippen LogP contribution < -0.4 is 5.32 Å². The van der Waals surface area contributed by atoms with Crippen LogP contribution in [0.3, 0.4) is 0 Å². The lowest BCUT2D eigenvalue weighted by Crippen LogP contribution is -2.46. The maximum Gasteiger partial charge on any atom is 0.263 e. The molecule has 1 aromatic rings. The Morgan fingerprint density at radius 2 is 2.33 bits per heavy atom. The number of amides is 1. The van der Waals surface area contributed by atoms with Gasteiger partial charge in [0.25, 0.3) is 5.91 Å². The van der Waals surface area contributed by atoms with Gasteiger partial charge in [0.05, 0.1) is 22.6 Å². The molecule has 1 aromatic heterocycles. The molecule has 1 atom stereocenters. The van der Waals surface area contributed by atoms with Gasteiger partial charge in [-0.15, -0.1) is 11.3 Å². The van der Waals surface area contributed by atoms with Crippen LogP contribution in [0, 0.1) is 11.3 Å². The zero-order valence-electron chi connectivity index (χ0n) is 9.76. The van der Waals surface area contributed by atoms with E-state index in [9.17, 15) is 13.2 Å². The number of thiophene rings is 1. The van der Waals surface area contributed by atoms with Gasteiger partial charge in [-0.1, -0.05) is 0 Å². The Morgan fingerprint density at radius 3 is 2.89 bits per heavy atom. The lowest BCUT2D eigenvalue weighted by atomic mass is 10.0. The highest BCUT2D eigenvalue weighted by molar-refractivity contribution is 7.91. The molecule has 0 bridgehead atoms. The molecule has 0 saturated carbocycles. The lowest BCUT2D eigenvalue weighted by Gasteiger charge is -2.23. The van der Waals surface area contributed by atoms with Crippen molar-refractivity contribution in [2.24, 2.45) is 0 Å². The Bertz CT molecular complexity index is 627. The molecule has 2 heterocycles. The number of carbonyl (C=O) groups excluding carboxylic acids is 1. The molecule has 1 aliphatic rings. The summed E-state index contributed by atoms with van der Waals surface area (Å²) in [5.74, 6) is -0.320. The summed E-state index contributed by atoms with van der Waals surface area (Å²) in [6, 6.07) is 3.52. The summed E-state index contributed by atoms with van der Waals surface area (Å²) in [5, 5.41) is 13.2. The average molecular weight is 284 g/mol. The van der Waals surface area contributed by atoms with Gasteiger partial charge in [0.1, 0.15) is 10.9 Å². The minimum atomic E-state index is -3.06. The number of sulfone groups is 1. The SMILES string of the molecule is CC1(NC(=O)c2sccc2C#N)CCS(=O)(=O)C1. The van der Waals surface area contributed by atoms with Crippen molar-refractivity contribution in [2.45, 2.75) is 18.9 Å². The van der Waals surface area contributed by atoms with Crippen LogP contribution in [-0.4, -0.2) is 31.4 Å². The van der Waals surface area contributed by atoms with Crippen LogP contribution in [-0.2, 0) is 9.84 Å². The molecule has 1 unspecified atom stereocenters. The first kappa shape index (κ1) is 13.1. The van der Waals surface area contributed by atoms with Gasteiger partial charge in [0, 0.05) is 0 Å². The van der Waals surface area contributed by atoms with Gasteiger partial charge in [-0.2, -0.15) is 5.26 Å². The standard InChI is InChI=1S/C11H12N2O3S2/c1-11(3-5-18(15,16)7-11)13-10(14)9-8(6-12)2-4-17-9/h2,4H,3,5,7H2,1H3,(H,13,14). The topological polar surface area (TPSA) is 87.0 Å². The van der Waals surface area contributed by atoms with E-state index in [1.165, 1.54) is 11.3 Å². The second-order valence-electron chi connectivity index (χ2n) is 4.63. The molecular formula is C11H12N2O3S2. The van der Waals surface area contributed by atoms with Crippen molar-refractivity contribution in [3.05, 3.63) is 21.9 Å². The van der Waals surface area contributed by atoms with Gasteiger partial charge in [-0.3, -0.25) is 4.79 Å². The van der Waals surface area contributed by atoms with E-state index in [1.54, 1.807) is 18.4 Å². The quantitative estimate of drug-likeness (QED) is 0.875. The monoisotopic (exact) mass is 284 g/mol. The second kappa shape index (κ2) is 4.37. The van der Waals surface area contributed by atoms with Crippen molar-refractivity contribution in [1.29, 1.82) is 5.26 Å². The summed E-state index contributed by atoms with van der Waals surface area (Å²) in [6.45, 7) is 1.72. The molecule has 1 N–H and O–H groups in total. The lowest BCUT2D eigenvalue weighted by molar-refractivity contribution is 0.0919. The predicted octanol–water partition coefficient (Wildman–Crippen LogP) is 0.927. The molecule has 1 amide bonds. The maximum absolute atomic E-state index is 12.0.